The molecule has 0 aromatic heterocycles. The van der Waals surface area contributed by atoms with Crippen LogP contribution in [0, 0.1) is 0 Å². The lowest BCUT2D eigenvalue weighted by Gasteiger charge is -2.35. The van der Waals surface area contributed by atoms with E-state index in [1.165, 1.54) is 21.9 Å². The Morgan fingerprint density at radius 2 is 1.39 bits per heavy atom. The summed E-state index contributed by atoms with van der Waals surface area (Å²) < 4.78 is 5.55. The van der Waals surface area contributed by atoms with Crippen LogP contribution >= 0.6 is 0 Å². The van der Waals surface area contributed by atoms with E-state index in [2.05, 4.69) is 77.7 Å². The molecule has 3 aromatic carbocycles. The molecule has 0 bridgehead atoms. The van der Waals surface area contributed by atoms with Gasteiger partial charge in [-0.2, -0.15) is 0 Å². The van der Waals surface area contributed by atoms with Crippen LogP contribution in [0.25, 0.3) is 10.8 Å². The zero-order valence-electron chi connectivity index (χ0n) is 13.2. The normalized spacial score (nSPS) is 17.2. The molecule has 0 N–H and O–H groups in total. The quantitative estimate of drug-likeness (QED) is 0.717. The van der Waals surface area contributed by atoms with Crippen LogP contribution in [0.4, 0.5) is 0 Å². The maximum absolute atomic E-state index is 5.55. The third kappa shape index (κ3) is 3.00. The van der Waals surface area contributed by atoms with Gasteiger partial charge in [0.1, 0.15) is 0 Å². The third-order valence-electron chi connectivity index (χ3n) is 4.62. The van der Waals surface area contributed by atoms with Crippen molar-refractivity contribution >= 4 is 10.8 Å². The molecule has 1 fully saturated rings. The summed E-state index contributed by atoms with van der Waals surface area (Å²) in [5.41, 5.74) is 2.71. The molecule has 116 valence electrons. The van der Waals surface area contributed by atoms with Gasteiger partial charge in [-0.1, -0.05) is 66.7 Å². The number of fused-ring (bicyclic) bond motifs is 1. The summed E-state index contributed by atoms with van der Waals surface area (Å²) in [4.78, 5) is 2.53. The van der Waals surface area contributed by atoms with Crippen LogP contribution in [-0.4, -0.2) is 31.2 Å². The topological polar surface area (TPSA) is 12.5 Å². The fourth-order valence-corrected chi connectivity index (χ4v) is 3.46. The molecule has 0 amide bonds. The van der Waals surface area contributed by atoms with E-state index >= 15 is 0 Å². The van der Waals surface area contributed by atoms with Gasteiger partial charge in [0, 0.05) is 13.1 Å². The van der Waals surface area contributed by atoms with Gasteiger partial charge < -0.3 is 4.74 Å². The van der Waals surface area contributed by atoms with Crippen molar-refractivity contribution < 1.29 is 4.74 Å². The standard InChI is InChI=1S/C21H21NO/c1-2-7-18(8-3-1)21(22-12-14-23-15-13-22)20-11-10-17-6-4-5-9-19(17)16-20/h1-11,16,21H,12-15H2/t21-/m1/s1. The molecular formula is C21H21NO. The van der Waals surface area contributed by atoms with Gasteiger partial charge in [0.25, 0.3) is 0 Å². The molecule has 2 nitrogen and oxygen atoms in total. The van der Waals surface area contributed by atoms with E-state index in [4.69, 9.17) is 4.74 Å². The van der Waals surface area contributed by atoms with Crippen molar-refractivity contribution in [2.45, 2.75) is 6.04 Å². The van der Waals surface area contributed by atoms with Crippen molar-refractivity contribution in [3.05, 3.63) is 83.9 Å². The molecule has 0 saturated carbocycles. The van der Waals surface area contributed by atoms with E-state index in [1.54, 1.807) is 0 Å². The van der Waals surface area contributed by atoms with Crippen LogP contribution in [0.3, 0.4) is 0 Å². The first-order valence-electron chi connectivity index (χ1n) is 8.27. The Balaban J connectivity index is 1.79. The Hall–Kier alpha value is -2.16. The van der Waals surface area contributed by atoms with E-state index in [-0.39, 0.29) is 0 Å². The van der Waals surface area contributed by atoms with Crippen molar-refractivity contribution in [3.63, 3.8) is 0 Å². The molecule has 0 aliphatic carbocycles. The maximum Gasteiger partial charge on any atom is 0.0603 e. The van der Waals surface area contributed by atoms with Crippen LogP contribution in [0.15, 0.2) is 72.8 Å². The summed E-state index contributed by atoms with van der Waals surface area (Å²) in [7, 11) is 0. The van der Waals surface area contributed by atoms with Crippen molar-refractivity contribution in [1.82, 2.24) is 4.90 Å². The van der Waals surface area contributed by atoms with Crippen LogP contribution in [0.5, 0.6) is 0 Å². The fraction of sp³-hybridized carbons (Fsp3) is 0.238. The predicted octanol–water partition coefficient (Wildman–Crippen LogP) is 4.26. The SMILES string of the molecule is c1ccc([C@H](c2ccc3ccccc3c2)N2CCOCC2)cc1. The van der Waals surface area contributed by atoms with Crippen molar-refractivity contribution in [3.8, 4) is 0 Å². The Labute approximate surface area is 137 Å². The van der Waals surface area contributed by atoms with Gasteiger partial charge in [0.05, 0.1) is 19.3 Å². The minimum Gasteiger partial charge on any atom is -0.379 e. The largest absolute Gasteiger partial charge is 0.379 e. The monoisotopic (exact) mass is 303 g/mol. The molecule has 0 unspecified atom stereocenters. The highest BCUT2D eigenvalue weighted by Crippen LogP contribution is 2.31. The molecular weight excluding hydrogens is 282 g/mol. The van der Waals surface area contributed by atoms with Crippen LogP contribution < -0.4 is 0 Å². The van der Waals surface area contributed by atoms with Gasteiger partial charge in [0.15, 0.2) is 0 Å². The number of nitrogens with zero attached hydrogens (tertiary/aromatic N) is 1. The second-order valence-corrected chi connectivity index (χ2v) is 6.07. The highest BCUT2D eigenvalue weighted by Gasteiger charge is 2.24. The number of rotatable bonds is 3. The first-order valence-corrected chi connectivity index (χ1v) is 8.27. The molecule has 2 heteroatoms. The third-order valence-corrected chi connectivity index (χ3v) is 4.62. The van der Waals surface area contributed by atoms with Gasteiger partial charge in [-0.25, -0.2) is 0 Å². The maximum atomic E-state index is 5.55. The minimum absolute atomic E-state index is 0.296. The van der Waals surface area contributed by atoms with E-state index in [1.807, 2.05) is 0 Å². The first kappa shape index (κ1) is 14.4. The molecule has 0 radical (unpaired) electrons. The lowest BCUT2D eigenvalue weighted by Crippen LogP contribution is -2.39. The van der Waals surface area contributed by atoms with E-state index < -0.39 is 0 Å². The molecule has 4 rings (SSSR count). The van der Waals surface area contributed by atoms with Crippen molar-refractivity contribution in [2.75, 3.05) is 26.3 Å². The van der Waals surface area contributed by atoms with Crippen molar-refractivity contribution in [1.29, 1.82) is 0 Å². The molecule has 1 heterocycles. The second kappa shape index (κ2) is 6.53. The van der Waals surface area contributed by atoms with Gasteiger partial charge in [0.2, 0.25) is 0 Å². The van der Waals surface area contributed by atoms with Crippen LogP contribution in [0.1, 0.15) is 17.2 Å². The Morgan fingerprint density at radius 3 is 2.17 bits per heavy atom. The number of ether oxygens (including phenoxy) is 1. The Bertz CT molecular complexity index is 778. The number of benzene rings is 3. The minimum atomic E-state index is 0.296. The molecule has 1 aliphatic rings. The summed E-state index contributed by atoms with van der Waals surface area (Å²) in [6, 6.07) is 26.5. The second-order valence-electron chi connectivity index (χ2n) is 6.07. The molecule has 1 atom stereocenters. The van der Waals surface area contributed by atoms with E-state index in [0.29, 0.717) is 6.04 Å². The highest BCUT2D eigenvalue weighted by atomic mass is 16.5. The summed E-state index contributed by atoms with van der Waals surface area (Å²) in [5, 5.41) is 2.60. The van der Waals surface area contributed by atoms with E-state index in [0.717, 1.165) is 26.3 Å². The number of hydrogen-bond donors (Lipinski definition) is 0. The van der Waals surface area contributed by atoms with Gasteiger partial charge >= 0.3 is 0 Å². The molecule has 23 heavy (non-hydrogen) atoms. The number of morpholine rings is 1. The summed E-state index contributed by atoms with van der Waals surface area (Å²) in [6.07, 6.45) is 0. The lowest BCUT2D eigenvalue weighted by molar-refractivity contribution is 0.0240. The lowest BCUT2D eigenvalue weighted by atomic mass is 9.94. The Kier molecular flexibility index (Phi) is 4.10. The average molecular weight is 303 g/mol. The van der Waals surface area contributed by atoms with Gasteiger partial charge in [-0.05, 0) is 28.0 Å². The van der Waals surface area contributed by atoms with E-state index in [9.17, 15) is 0 Å². The smallest absolute Gasteiger partial charge is 0.0603 e. The van der Waals surface area contributed by atoms with Crippen LogP contribution in [-0.2, 0) is 4.74 Å². The summed E-state index contributed by atoms with van der Waals surface area (Å²) >= 11 is 0. The van der Waals surface area contributed by atoms with Crippen molar-refractivity contribution in [2.24, 2.45) is 0 Å². The summed E-state index contributed by atoms with van der Waals surface area (Å²) in [6.45, 7) is 3.59. The first-order chi connectivity index (χ1) is 11.4. The molecule has 1 aliphatic heterocycles. The van der Waals surface area contributed by atoms with Crippen LogP contribution in [0.2, 0.25) is 0 Å². The molecule has 0 spiro atoms. The summed E-state index contributed by atoms with van der Waals surface area (Å²) in [5.74, 6) is 0. The molecule has 1 saturated heterocycles. The van der Waals surface area contributed by atoms with Gasteiger partial charge in [-0.3, -0.25) is 4.90 Å². The average Bonchev–Trinajstić information content (AvgIpc) is 2.64. The Morgan fingerprint density at radius 1 is 0.696 bits per heavy atom. The molecule has 3 aromatic rings. The zero-order chi connectivity index (χ0) is 15.5. The predicted molar refractivity (Wildman–Crippen MR) is 94.6 cm³/mol. The zero-order valence-corrected chi connectivity index (χ0v) is 13.2. The fourth-order valence-electron chi connectivity index (χ4n) is 3.46. The van der Waals surface area contributed by atoms with Gasteiger partial charge in [-0.15, -0.1) is 0 Å². The highest BCUT2D eigenvalue weighted by molar-refractivity contribution is 5.83. The number of hydrogen-bond acceptors (Lipinski definition) is 2.